The van der Waals surface area contributed by atoms with Crippen molar-refractivity contribution in [2.75, 3.05) is 31.1 Å². The lowest BCUT2D eigenvalue weighted by molar-refractivity contribution is 0.0694. The molecule has 0 aromatic carbocycles. The number of fused-ring (bicyclic) bond motifs is 1. The van der Waals surface area contributed by atoms with Crippen molar-refractivity contribution in [2.45, 2.75) is 43.8 Å². The van der Waals surface area contributed by atoms with E-state index < -0.39 is 17.3 Å². The molecule has 0 radical (unpaired) electrons. The quantitative estimate of drug-likeness (QED) is 0.582. The lowest BCUT2D eigenvalue weighted by atomic mass is 10.0. The maximum atomic E-state index is 15.5. The standard InChI is InChI=1S/C24H30FN5O3/c1-3-13-7-28(9-18(13)26)20-11-29(10-19(20)27)22-12(2)21-15(14-4-5-14)6-16(24(32)33)23(31)30(21)8-17(22)25/h3,6,8,13-14,18-20H,1,4-5,7,9-11,26-27H2,2H3,(H,32,33)/t13-,18-,19?,20?/m1/s1. The Morgan fingerprint density at radius 3 is 2.55 bits per heavy atom. The van der Waals surface area contributed by atoms with Crippen molar-refractivity contribution in [2.24, 2.45) is 17.4 Å². The third-order valence-electron chi connectivity index (χ3n) is 7.55. The predicted octanol–water partition coefficient (Wildman–Crippen LogP) is 1.28. The molecule has 176 valence electrons. The Kier molecular flexibility index (Phi) is 5.30. The Bertz CT molecular complexity index is 1210. The topological polar surface area (TPSA) is 117 Å². The molecule has 0 amide bonds. The van der Waals surface area contributed by atoms with Crippen LogP contribution < -0.4 is 21.9 Å². The van der Waals surface area contributed by atoms with Crippen molar-refractivity contribution in [3.63, 3.8) is 0 Å². The van der Waals surface area contributed by atoms with Crippen LogP contribution in [0.2, 0.25) is 0 Å². The van der Waals surface area contributed by atoms with Crippen molar-refractivity contribution >= 4 is 17.2 Å². The second-order valence-electron chi connectivity index (χ2n) is 9.72. The van der Waals surface area contributed by atoms with Gasteiger partial charge >= 0.3 is 5.97 Å². The number of pyridine rings is 2. The number of halogens is 1. The number of nitrogens with zero attached hydrogens (tertiary/aromatic N) is 3. The molecule has 0 bridgehead atoms. The second-order valence-corrected chi connectivity index (χ2v) is 9.72. The van der Waals surface area contributed by atoms with Crippen LogP contribution in [-0.2, 0) is 0 Å². The Labute approximate surface area is 191 Å². The molecule has 5 rings (SSSR count). The van der Waals surface area contributed by atoms with Gasteiger partial charge in [-0.05, 0) is 42.9 Å². The zero-order valence-electron chi connectivity index (χ0n) is 18.7. The number of carbonyl (C=O) groups is 1. The van der Waals surface area contributed by atoms with Crippen LogP contribution in [0.15, 0.2) is 29.7 Å². The highest BCUT2D eigenvalue weighted by Crippen LogP contribution is 2.44. The summed E-state index contributed by atoms with van der Waals surface area (Å²) in [5, 5.41) is 9.49. The Morgan fingerprint density at radius 1 is 1.21 bits per heavy atom. The molecule has 33 heavy (non-hydrogen) atoms. The van der Waals surface area contributed by atoms with E-state index in [-0.39, 0.29) is 35.5 Å². The smallest absolute Gasteiger partial charge is 0.341 e. The number of aromatic carboxylic acids is 1. The van der Waals surface area contributed by atoms with E-state index in [1.807, 2.05) is 11.0 Å². The fraction of sp³-hybridized carbons (Fsp3) is 0.500. The highest BCUT2D eigenvalue weighted by molar-refractivity contribution is 5.89. The van der Waals surface area contributed by atoms with Gasteiger partial charge in [0.1, 0.15) is 5.56 Å². The zero-order valence-corrected chi connectivity index (χ0v) is 18.7. The largest absolute Gasteiger partial charge is 0.477 e. The normalized spacial score (nSPS) is 28.1. The number of nitrogens with two attached hydrogens (primary N) is 2. The van der Waals surface area contributed by atoms with Crippen molar-refractivity contribution in [1.29, 1.82) is 0 Å². The van der Waals surface area contributed by atoms with Crippen LogP contribution in [0.5, 0.6) is 0 Å². The zero-order chi connectivity index (χ0) is 23.6. The number of hydrogen-bond donors (Lipinski definition) is 3. The Balaban J connectivity index is 1.56. The maximum Gasteiger partial charge on any atom is 0.341 e. The first-order valence-electron chi connectivity index (χ1n) is 11.5. The summed E-state index contributed by atoms with van der Waals surface area (Å²) >= 11 is 0. The second kappa shape index (κ2) is 7.93. The molecule has 9 heteroatoms. The molecular formula is C24H30FN5O3. The molecule has 2 aromatic rings. The van der Waals surface area contributed by atoms with Crippen LogP contribution in [0.1, 0.15) is 40.2 Å². The molecule has 1 saturated carbocycles. The van der Waals surface area contributed by atoms with E-state index in [9.17, 15) is 14.7 Å². The summed E-state index contributed by atoms with van der Waals surface area (Å²) in [5.74, 6) is -1.46. The molecule has 8 nitrogen and oxygen atoms in total. The Morgan fingerprint density at radius 2 is 1.94 bits per heavy atom. The highest BCUT2D eigenvalue weighted by atomic mass is 19.1. The molecule has 2 aliphatic heterocycles. The number of aryl methyl sites for hydroxylation is 1. The van der Waals surface area contributed by atoms with Gasteiger partial charge in [-0.15, -0.1) is 6.58 Å². The van der Waals surface area contributed by atoms with Gasteiger partial charge in [-0.2, -0.15) is 0 Å². The summed E-state index contributed by atoms with van der Waals surface area (Å²) < 4.78 is 16.6. The van der Waals surface area contributed by atoms with Crippen LogP contribution in [0.4, 0.5) is 10.1 Å². The predicted molar refractivity (Wildman–Crippen MR) is 125 cm³/mol. The van der Waals surface area contributed by atoms with Crippen molar-refractivity contribution in [1.82, 2.24) is 9.30 Å². The van der Waals surface area contributed by atoms with Crippen molar-refractivity contribution in [3.8, 4) is 0 Å². The van der Waals surface area contributed by atoms with Crippen molar-refractivity contribution in [3.05, 3.63) is 57.8 Å². The molecule has 5 N–H and O–H groups in total. The number of anilines is 1. The average Bonchev–Trinajstić information content (AvgIpc) is 3.44. The lowest BCUT2D eigenvalue weighted by Crippen LogP contribution is -2.46. The Hall–Kier alpha value is -2.75. The summed E-state index contributed by atoms with van der Waals surface area (Å²) in [5.41, 5.74) is 14.2. The number of hydrogen-bond acceptors (Lipinski definition) is 6. The van der Waals surface area contributed by atoms with Crippen LogP contribution in [0.3, 0.4) is 0 Å². The number of rotatable bonds is 5. The van der Waals surface area contributed by atoms with Gasteiger partial charge in [-0.3, -0.25) is 14.1 Å². The first-order valence-corrected chi connectivity index (χ1v) is 11.5. The number of aromatic nitrogens is 1. The van der Waals surface area contributed by atoms with Gasteiger partial charge in [0, 0.05) is 50.2 Å². The molecule has 2 unspecified atom stereocenters. The van der Waals surface area contributed by atoms with Crippen LogP contribution in [-0.4, -0.2) is 64.7 Å². The summed E-state index contributed by atoms with van der Waals surface area (Å²) in [6.45, 7) is 8.23. The fourth-order valence-corrected chi connectivity index (χ4v) is 5.68. The van der Waals surface area contributed by atoms with Gasteiger partial charge in [0.2, 0.25) is 0 Å². The molecule has 0 spiro atoms. The number of carboxylic acid groups (broad SMARTS) is 1. The third-order valence-corrected chi connectivity index (χ3v) is 7.55. The highest BCUT2D eigenvalue weighted by Gasteiger charge is 2.41. The molecule has 3 fully saturated rings. The van der Waals surface area contributed by atoms with E-state index in [1.165, 1.54) is 10.5 Å². The maximum absolute atomic E-state index is 15.5. The van der Waals surface area contributed by atoms with Gasteiger partial charge < -0.3 is 21.5 Å². The fourth-order valence-electron chi connectivity index (χ4n) is 5.68. The molecule has 4 atom stereocenters. The number of likely N-dealkylation sites (tertiary alicyclic amines) is 1. The monoisotopic (exact) mass is 455 g/mol. The van der Waals surface area contributed by atoms with E-state index in [2.05, 4.69) is 11.5 Å². The lowest BCUT2D eigenvalue weighted by Gasteiger charge is -2.27. The summed E-state index contributed by atoms with van der Waals surface area (Å²) in [4.78, 5) is 28.7. The molecule has 1 aliphatic carbocycles. The molecule has 2 aromatic heterocycles. The van der Waals surface area contributed by atoms with E-state index in [0.29, 0.717) is 29.9 Å². The van der Waals surface area contributed by atoms with E-state index in [1.54, 1.807) is 6.92 Å². The summed E-state index contributed by atoms with van der Waals surface area (Å²) in [6.07, 6.45) is 4.88. The van der Waals surface area contributed by atoms with Gasteiger partial charge in [0.15, 0.2) is 5.82 Å². The molecule has 2 saturated heterocycles. The van der Waals surface area contributed by atoms with Crippen LogP contribution >= 0.6 is 0 Å². The third kappa shape index (κ3) is 3.55. The van der Waals surface area contributed by atoms with Crippen LogP contribution in [0.25, 0.3) is 5.52 Å². The molecular weight excluding hydrogens is 425 g/mol. The summed E-state index contributed by atoms with van der Waals surface area (Å²) in [7, 11) is 0. The molecule has 3 aliphatic rings. The van der Waals surface area contributed by atoms with E-state index in [4.69, 9.17) is 11.5 Å². The molecule has 4 heterocycles. The van der Waals surface area contributed by atoms with Crippen LogP contribution in [0, 0.1) is 18.7 Å². The number of carboxylic acids is 1. The summed E-state index contributed by atoms with van der Waals surface area (Å²) in [6, 6.07) is 1.36. The van der Waals surface area contributed by atoms with Crippen molar-refractivity contribution < 1.29 is 14.3 Å². The van der Waals surface area contributed by atoms with E-state index >= 15 is 4.39 Å². The van der Waals surface area contributed by atoms with Gasteiger partial charge in [0.25, 0.3) is 5.56 Å². The minimum Gasteiger partial charge on any atom is -0.477 e. The average molecular weight is 456 g/mol. The minimum absolute atomic E-state index is 0.0132. The van der Waals surface area contributed by atoms with Gasteiger partial charge in [0.05, 0.1) is 17.4 Å². The van der Waals surface area contributed by atoms with E-state index in [0.717, 1.165) is 37.7 Å². The first-order chi connectivity index (χ1) is 15.7. The first kappa shape index (κ1) is 22.1. The van der Waals surface area contributed by atoms with Gasteiger partial charge in [-0.25, -0.2) is 9.18 Å². The van der Waals surface area contributed by atoms with Gasteiger partial charge in [-0.1, -0.05) is 6.08 Å². The SMILES string of the molecule is C=C[C@@H]1CN(C2CN(c3c(F)cn4c(=O)c(C(=O)O)cc(C5CC5)c4c3C)CC2N)C[C@H]1N. The minimum atomic E-state index is -1.30.